The van der Waals surface area contributed by atoms with Gasteiger partial charge in [-0.15, -0.1) is 0 Å². The van der Waals surface area contributed by atoms with E-state index in [1.165, 1.54) is 0 Å². The van der Waals surface area contributed by atoms with Gasteiger partial charge in [0.25, 0.3) is 5.91 Å². The van der Waals surface area contributed by atoms with E-state index in [4.69, 9.17) is 17.2 Å². The highest BCUT2D eigenvalue weighted by molar-refractivity contribution is 7.82. The van der Waals surface area contributed by atoms with Crippen molar-refractivity contribution >= 4 is 28.8 Å². The molecule has 24 heavy (non-hydrogen) atoms. The Balaban J connectivity index is 1.77. The third kappa shape index (κ3) is 2.38. The molecule has 4 heteroatoms. The molecule has 0 bridgehead atoms. The first-order chi connectivity index (χ1) is 11.7. The number of amides is 1. The molecule has 1 amide bonds. The van der Waals surface area contributed by atoms with Crippen LogP contribution in [0.15, 0.2) is 65.7 Å². The van der Waals surface area contributed by atoms with Gasteiger partial charge in [0.05, 0.1) is 0 Å². The molecule has 120 valence electrons. The van der Waals surface area contributed by atoms with E-state index in [0.29, 0.717) is 10.6 Å². The smallest absolute Gasteiger partial charge is 0.260 e. The van der Waals surface area contributed by atoms with E-state index in [1.807, 2.05) is 60.7 Å². The number of carbonyl (C=O) groups excluding carboxylic acids is 1. The van der Waals surface area contributed by atoms with Gasteiger partial charge in [-0.3, -0.25) is 14.7 Å². The van der Waals surface area contributed by atoms with Gasteiger partial charge in [-0.2, -0.15) is 0 Å². The maximum atomic E-state index is 13.2. The summed E-state index contributed by atoms with van der Waals surface area (Å²) in [7, 11) is 0. The SMILES string of the molecule is O=C(c1ccccc1)N1C(=S)C(c2ccccc2)=NC12CCCC2. The molecule has 0 N–H and O–H groups in total. The second kappa shape index (κ2) is 5.95. The third-order valence-corrected chi connectivity index (χ3v) is 5.19. The van der Waals surface area contributed by atoms with Crippen LogP contribution in [0.5, 0.6) is 0 Å². The summed E-state index contributed by atoms with van der Waals surface area (Å²) < 4.78 is 0. The fraction of sp³-hybridized carbons (Fsp3) is 0.250. The fourth-order valence-electron chi connectivity index (χ4n) is 3.65. The Morgan fingerprint density at radius 2 is 1.54 bits per heavy atom. The summed E-state index contributed by atoms with van der Waals surface area (Å²) in [6.07, 6.45) is 3.91. The molecule has 0 radical (unpaired) electrons. The highest BCUT2D eigenvalue weighted by atomic mass is 32.1. The predicted octanol–water partition coefficient (Wildman–Crippen LogP) is 4.23. The van der Waals surface area contributed by atoms with E-state index in [9.17, 15) is 4.79 Å². The standard InChI is InChI=1S/C20H18N2OS/c23-18(16-11-5-2-6-12-16)22-19(24)17(15-9-3-1-4-10-15)21-20(22)13-7-8-14-20/h1-6,9-12H,7-8,13-14H2. The van der Waals surface area contributed by atoms with Gasteiger partial charge in [-0.05, 0) is 37.8 Å². The number of hydrogen-bond acceptors (Lipinski definition) is 3. The van der Waals surface area contributed by atoms with Gasteiger partial charge in [0, 0.05) is 11.1 Å². The second-order valence-corrected chi connectivity index (χ2v) is 6.71. The Bertz CT molecular complexity index is 808. The topological polar surface area (TPSA) is 32.7 Å². The number of rotatable bonds is 2. The van der Waals surface area contributed by atoms with Crippen molar-refractivity contribution in [2.45, 2.75) is 31.3 Å². The molecule has 0 atom stereocenters. The largest absolute Gasteiger partial charge is 0.271 e. The second-order valence-electron chi connectivity index (χ2n) is 6.33. The van der Waals surface area contributed by atoms with Crippen LogP contribution < -0.4 is 0 Å². The van der Waals surface area contributed by atoms with Crippen LogP contribution in [0.2, 0.25) is 0 Å². The summed E-state index contributed by atoms with van der Waals surface area (Å²) in [5, 5.41) is 0. The first kappa shape index (κ1) is 15.2. The number of carbonyl (C=O) groups is 1. The van der Waals surface area contributed by atoms with E-state index >= 15 is 0 Å². The molecule has 3 nitrogen and oxygen atoms in total. The van der Waals surface area contributed by atoms with Crippen molar-refractivity contribution in [3.05, 3.63) is 71.8 Å². The third-order valence-electron chi connectivity index (χ3n) is 4.82. The van der Waals surface area contributed by atoms with E-state index < -0.39 is 5.66 Å². The van der Waals surface area contributed by atoms with Gasteiger partial charge < -0.3 is 0 Å². The lowest BCUT2D eigenvalue weighted by atomic mass is 10.1. The Hall–Kier alpha value is -2.33. The van der Waals surface area contributed by atoms with Gasteiger partial charge in [0.1, 0.15) is 16.4 Å². The molecular weight excluding hydrogens is 316 g/mol. The van der Waals surface area contributed by atoms with Crippen LogP contribution in [-0.2, 0) is 0 Å². The highest BCUT2D eigenvalue weighted by Crippen LogP contribution is 2.42. The summed E-state index contributed by atoms with van der Waals surface area (Å²) in [5.74, 6) is -0.0443. The first-order valence-electron chi connectivity index (χ1n) is 8.30. The molecular formula is C20H18N2OS. The van der Waals surface area contributed by atoms with Crippen LogP contribution in [0.1, 0.15) is 41.6 Å². The van der Waals surface area contributed by atoms with Crippen molar-refractivity contribution in [3.63, 3.8) is 0 Å². The molecule has 1 saturated carbocycles. The molecule has 1 spiro atoms. The minimum Gasteiger partial charge on any atom is -0.271 e. The lowest BCUT2D eigenvalue weighted by Crippen LogP contribution is -2.48. The number of aliphatic imine (C=N–C) groups is 1. The number of nitrogens with zero attached hydrogens (tertiary/aromatic N) is 2. The van der Waals surface area contributed by atoms with Crippen LogP contribution in [0.25, 0.3) is 0 Å². The minimum atomic E-state index is -0.491. The van der Waals surface area contributed by atoms with Crippen LogP contribution in [0.4, 0.5) is 0 Å². The zero-order chi connectivity index (χ0) is 16.6. The Labute approximate surface area is 147 Å². The van der Waals surface area contributed by atoms with Crippen LogP contribution in [-0.4, -0.2) is 27.2 Å². The Kier molecular flexibility index (Phi) is 3.77. The van der Waals surface area contributed by atoms with Gasteiger partial charge in [-0.1, -0.05) is 60.7 Å². The number of benzene rings is 2. The average molecular weight is 334 g/mol. The average Bonchev–Trinajstić information content (AvgIpc) is 3.21. The lowest BCUT2D eigenvalue weighted by molar-refractivity contribution is 0.0724. The van der Waals surface area contributed by atoms with Crippen molar-refractivity contribution < 1.29 is 4.79 Å². The Morgan fingerprint density at radius 1 is 0.958 bits per heavy atom. The zero-order valence-electron chi connectivity index (χ0n) is 13.3. The molecule has 2 aromatic rings. The van der Waals surface area contributed by atoms with Crippen molar-refractivity contribution in [1.29, 1.82) is 0 Å². The van der Waals surface area contributed by atoms with Crippen molar-refractivity contribution in [2.75, 3.05) is 0 Å². The van der Waals surface area contributed by atoms with Gasteiger partial charge in [-0.25, -0.2) is 0 Å². The maximum absolute atomic E-state index is 13.2. The number of hydrogen-bond donors (Lipinski definition) is 0. The van der Waals surface area contributed by atoms with Crippen molar-refractivity contribution in [2.24, 2.45) is 4.99 Å². The van der Waals surface area contributed by atoms with E-state index in [2.05, 4.69) is 0 Å². The van der Waals surface area contributed by atoms with Gasteiger partial charge >= 0.3 is 0 Å². The maximum Gasteiger partial charge on any atom is 0.260 e. The van der Waals surface area contributed by atoms with E-state index in [1.54, 1.807) is 4.90 Å². The Morgan fingerprint density at radius 3 is 2.17 bits per heavy atom. The molecule has 4 rings (SSSR count). The summed E-state index contributed by atoms with van der Waals surface area (Å²) in [6, 6.07) is 19.3. The molecule has 1 fully saturated rings. The van der Waals surface area contributed by atoms with Crippen LogP contribution >= 0.6 is 12.2 Å². The molecule has 0 saturated heterocycles. The molecule has 2 aliphatic rings. The molecule has 0 unspecified atom stereocenters. The quantitative estimate of drug-likeness (QED) is 0.770. The predicted molar refractivity (Wildman–Crippen MR) is 99.4 cm³/mol. The van der Waals surface area contributed by atoms with Crippen LogP contribution in [0.3, 0.4) is 0 Å². The highest BCUT2D eigenvalue weighted by Gasteiger charge is 2.49. The fourth-order valence-corrected chi connectivity index (χ4v) is 4.07. The monoisotopic (exact) mass is 334 g/mol. The van der Waals surface area contributed by atoms with Crippen molar-refractivity contribution in [3.8, 4) is 0 Å². The van der Waals surface area contributed by atoms with Crippen molar-refractivity contribution in [1.82, 2.24) is 4.90 Å². The lowest BCUT2D eigenvalue weighted by Gasteiger charge is -2.32. The summed E-state index contributed by atoms with van der Waals surface area (Å²) in [6.45, 7) is 0. The van der Waals surface area contributed by atoms with Gasteiger partial charge in [0.2, 0.25) is 0 Å². The van der Waals surface area contributed by atoms with E-state index in [0.717, 1.165) is 37.0 Å². The molecule has 1 heterocycles. The zero-order valence-corrected chi connectivity index (χ0v) is 14.1. The number of thiocarbonyl (C=S) groups is 1. The summed E-state index contributed by atoms with van der Waals surface area (Å²) >= 11 is 5.70. The van der Waals surface area contributed by atoms with Crippen LogP contribution in [0, 0.1) is 0 Å². The normalized spacial score (nSPS) is 18.9. The van der Waals surface area contributed by atoms with E-state index in [-0.39, 0.29) is 5.91 Å². The molecule has 1 aliphatic carbocycles. The molecule has 2 aromatic carbocycles. The van der Waals surface area contributed by atoms with Gasteiger partial charge in [0.15, 0.2) is 0 Å². The summed E-state index contributed by atoms with van der Waals surface area (Å²) in [5.41, 5.74) is 1.93. The summed E-state index contributed by atoms with van der Waals surface area (Å²) in [4.78, 5) is 20.5. The molecule has 1 aliphatic heterocycles. The first-order valence-corrected chi connectivity index (χ1v) is 8.71. The molecule has 0 aromatic heterocycles. The minimum absolute atomic E-state index is 0.0443.